The van der Waals surface area contributed by atoms with Crippen molar-refractivity contribution in [3.63, 3.8) is 0 Å². The van der Waals surface area contributed by atoms with Crippen molar-refractivity contribution in [1.82, 2.24) is 0 Å². The van der Waals surface area contributed by atoms with Gasteiger partial charge >= 0.3 is 103 Å². The van der Waals surface area contributed by atoms with E-state index >= 15 is 0 Å². The van der Waals surface area contributed by atoms with E-state index in [0.717, 1.165) is 0 Å². The van der Waals surface area contributed by atoms with Crippen LogP contribution in [-0.2, 0) is 21.2 Å². The summed E-state index contributed by atoms with van der Waals surface area (Å²) in [5, 5.41) is 0. The Morgan fingerprint density at radius 2 is 1.14 bits per heavy atom. The van der Waals surface area contributed by atoms with Crippen molar-refractivity contribution in [2.45, 2.75) is 0 Å². The summed E-state index contributed by atoms with van der Waals surface area (Å²) in [4.78, 5) is 0. The first-order valence-corrected chi connectivity index (χ1v) is 2.75. The summed E-state index contributed by atoms with van der Waals surface area (Å²) in [6.07, 6.45) is 0. The van der Waals surface area contributed by atoms with Gasteiger partial charge in [-0.2, -0.15) is 0 Å². The quantitative estimate of drug-likeness (QED) is 0.446. The second kappa shape index (κ2) is 6.62. The van der Waals surface area contributed by atoms with Gasteiger partial charge in [0.05, 0.1) is 0 Å². The third-order valence-corrected chi connectivity index (χ3v) is 0. The second-order valence-corrected chi connectivity index (χ2v) is 1.68. The van der Waals surface area contributed by atoms with E-state index in [0.29, 0.717) is 0 Å². The van der Waals surface area contributed by atoms with Gasteiger partial charge in [0.1, 0.15) is 0 Å². The van der Waals surface area contributed by atoms with Crippen LogP contribution in [0, 0.1) is 35.6 Å². The molecule has 0 aromatic rings. The molecule has 32 valence electrons. The molecule has 0 aliphatic heterocycles. The monoisotopic (exact) mass is 295 g/mol. The van der Waals surface area contributed by atoms with Gasteiger partial charge in [0, 0.05) is 0 Å². The van der Waals surface area contributed by atoms with E-state index in [1.54, 1.807) is 0 Å². The van der Waals surface area contributed by atoms with Crippen LogP contribution in [0.5, 0.6) is 0 Å². The zero-order chi connectivity index (χ0) is 4.50. The van der Waals surface area contributed by atoms with Crippen LogP contribution in [0.3, 0.4) is 0 Å². The second-order valence-electron chi connectivity index (χ2n) is 0.408. The van der Waals surface area contributed by atoms with Crippen LogP contribution in [0.15, 0.2) is 0 Å². The normalized spacial score (nSPS) is 8.29. The standard InChI is InChI=1S/Ca.Cr.La.4O/q+2;;+3;;;2*-1. The number of rotatable bonds is 0. The Labute approximate surface area is 101 Å². The maximum atomic E-state index is 8.59. The van der Waals surface area contributed by atoms with Crippen LogP contribution in [0.25, 0.3) is 0 Å². The molecule has 7 heteroatoms. The molecule has 0 aliphatic rings. The predicted octanol–water partition coefficient (Wildman–Crippen LogP) is -3.00. The summed E-state index contributed by atoms with van der Waals surface area (Å²) in [6.45, 7) is 0. The predicted molar refractivity (Wildman–Crippen MR) is 7.13 cm³/mol. The molecule has 0 spiro atoms. The first-order valence-electron chi connectivity index (χ1n) is 0.667. The van der Waals surface area contributed by atoms with Crippen molar-refractivity contribution in [2.24, 2.45) is 0 Å². The molecule has 0 heterocycles. The van der Waals surface area contributed by atoms with Gasteiger partial charge in [-0.1, -0.05) is 0 Å². The molecule has 7 heavy (non-hydrogen) atoms. The molecule has 0 amide bonds. The Morgan fingerprint density at radius 1 is 1.14 bits per heavy atom. The molecule has 0 fully saturated rings. The Kier molecular flexibility index (Phi) is 15.4. The molecule has 0 saturated carbocycles. The fraction of sp³-hybridized carbons (Fsp3) is 0. The van der Waals surface area contributed by atoms with E-state index < -0.39 is 13.6 Å². The zero-order valence-corrected chi connectivity index (χ0v) is 10.4. The fourth-order valence-electron chi connectivity index (χ4n) is 0. The molecule has 0 bridgehead atoms. The third-order valence-electron chi connectivity index (χ3n) is 0. The molecule has 0 aromatic heterocycles. The molecule has 4 nitrogen and oxygen atoms in total. The summed E-state index contributed by atoms with van der Waals surface area (Å²) in [6, 6.07) is 0. The number of hydrogen-bond donors (Lipinski definition) is 0. The average molecular weight is 295 g/mol. The fourth-order valence-corrected chi connectivity index (χ4v) is 0. The van der Waals surface area contributed by atoms with Crippen molar-refractivity contribution >= 4 is 37.7 Å². The van der Waals surface area contributed by atoms with Crippen LogP contribution in [0.2, 0.25) is 0 Å². The van der Waals surface area contributed by atoms with E-state index in [9.17, 15) is 0 Å². The molecule has 0 radical (unpaired) electrons. The summed E-state index contributed by atoms with van der Waals surface area (Å²) in [7, 11) is 0. The van der Waals surface area contributed by atoms with Crippen LogP contribution in [-0.4, -0.2) is 37.7 Å². The van der Waals surface area contributed by atoms with Crippen LogP contribution in [0.1, 0.15) is 0 Å². The van der Waals surface area contributed by atoms with Crippen molar-refractivity contribution in [1.29, 1.82) is 0 Å². The minimum atomic E-state index is -5.75. The molecule has 0 aliphatic carbocycles. The van der Waals surface area contributed by atoms with Crippen LogP contribution >= 0.6 is 0 Å². The first kappa shape index (κ1) is 16.2. The van der Waals surface area contributed by atoms with Gasteiger partial charge in [0.25, 0.3) is 0 Å². The average Bonchev–Trinajstić information content (AvgIpc) is 0.722. The Hall–Kier alpha value is 2.51. The van der Waals surface area contributed by atoms with Crippen LogP contribution in [0.4, 0.5) is 0 Å². The Bertz CT molecular complexity index is 94.9. The van der Waals surface area contributed by atoms with Gasteiger partial charge in [-0.3, -0.25) is 0 Å². The van der Waals surface area contributed by atoms with E-state index in [-0.39, 0.29) is 73.3 Å². The van der Waals surface area contributed by atoms with Gasteiger partial charge in [0.15, 0.2) is 0 Å². The topological polar surface area (TPSA) is 80.3 Å². The third kappa shape index (κ3) is 57.3. The van der Waals surface area contributed by atoms with Crippen molar-refractivity contribution in [3.8, 4) is 0 Å². The molecule has 0 saturated heterocycles. The molecule has 0 N–H and O–H groups in total. The number of hydrogen-bond acceptors (Lipinski definition) is 4. The minimum absolute atomic E-state index is 0. The van der Waals surface area contributed by atoms with Crippen molar-refractivity contribution in [2.75, 3.05) is 0 Å². The molecule has 0 unspecified atom stereocenters. The van der Waals surface area contributed by atoms with Crippen LogP contribution < -0.4 is 8.32 Å². The molecule has 0 atom stereocenters. The molecular weight excluding hydrogens is 295 g/mol. The summed E-state index contributed by atoms with van der Waals surface area (Å²) < 4.78 is 34.4. The van der Waals surface area contributed by atoms with Gasteiger partial charge in [-0.15, -0.1) is 0 Å². The maximum absolute atomic E-state index is 8.59. The van der Waals surface area contributed by atoms with Gasteiger partial charge in [0.2, 0.25) is 0 Å². The Morgan fingerprint density at radius 3 is 1.14 bits per heavy atom. The summed E-state index contributed by atoms with van der Waals surface area (Å²) >= 11 is -5.75. The zero-order valence-electron chi connectivity index (χ0n) is 3.33. The first-order chi connectivity index (χ1) is 2.00. The van der Waals surface area contributed by atoms with E-state index in [2.05, 4.69) is 0 Å². The van der Waals surface area contributed by atoms with E-state index in [4.69, 9.17) is 15.9 Å². The Balaban J connectivity index is -0.0000000800. The van der Waals surface area contributed by atoms with Gasteiger partial charge in [-0.05, 0) is 0 Å². The summed E-state index contributed by atoms with van der Waals surface area (Å²) in [5.74, 6) is 0. The molecule has 0 aromatic carbocycles. The van der Waals surface area contributed by atoms with Crippen molar-refractivity contribution in [3.05, 3.63) is 0 Å². The summed E-state index contributed by atoms with van der Waals surface area (Å²) in [5.41, 5.74) is 0. The van der Waals surface area contributed by atoms with E-state index in [1.807, 2.05) is 0 Å². The van der Waals surface area contributed by atoms with Gasteiger partial charge in [-0.25, -0.2) is 0 Å². The molecular formula is CaCrLaO4+3. The molecule has 0 rings (SSSR count). The SMILES string of the molecule is [Ca+2].[La+3].[O]=[Cr](=[O])([O-])[O-]. The van der Waals surface area contributed by atoms with Crippen molar-refractivity contribution < 1.29 is 65.1 Å². The van der Waals surface area contributed by atoms with E-state index in [1.165, 1.54) is 0 Å². The van der Waals surface area contributed by atoms with Gasteiger partial charge < -0.3 is 0 Å².